The molecule has 178 valence electrons. The minimum atomic E-state index is -1.83. The summed E-state index contributed by atoms with van der Waals surface area (Å²) in [6.45, 7) is -0.728. The average molecular weight is 466 g/mol. The maximum Gasteiger partial charge on any atom is 0.229 e. The van der Waals surface area contributed by atoms with E-state index in [1.807, 2.05) is 0 Å². The molecule has 1 saturated heterocycles. The molecule has 2 aliphatic rings. The highest BCUT2D eigenvalue weighted by Gasteiger charge is 2.47. The Balaban J connectivity index is 1.74. The van der Waals surface area contributed by atoms with Gasteiger partial charge in [0.25, 0.3) is 0 Å². The molecule has 12 nitrogen and oxygen atoms in total. The van der Waals surface area contributed by atoms with Crippen molar-refractivity contribution in [2.24, 2.45) is 0 Å². The number of phenols is 3. The standard InChI is InChI=1S/C21H22O12/c22-6-11-13(26)15(28)17(30)21(31-11)33-19-10(25)5-9(24)12-14(27)16(29)18(32-20(12)19)7-1-3-8(23)4-2-7/h1-5,11,13,15-18,21-26,28-30H,6H2. The lowest BCUT2D eigenvalue weighted by Crippen LogP contribution is -2.60. The summed E-state index contributed by atoms with van der Waals surface area (Å²) in [6, 6.07) is 6.14. The lowest BCUT2D eigenvalue weighted by molar-refractivity contribution is -0.277. The van der Waals surface area contributed by atoms with Crippen LogP contribution in [0.1, 0.15) is 22.0 Å². The summed E-state index contributed by atoms with van der Waals surface area (Å²) < 4.78 is 16.5. The first-order valence-electron chi connectivity index (χ1n) is 9.88. The van der Waals surface area contributed by atoms with Crippen LogP contribution in [0.15, 0.2) is 30.3 Å². The lowest BCUT2D eigenvalue weighted by atomic mass is 9.92. The van der Waals surface area contributed by atoms with E-state index in [0.29, 0.717) is 0 Å². The summed E-state index contributed by atoms with van der Waals surface area (Å²) in [6.07, 6.45) is -11.4. The highest BCUT2D eigenvalue weighted by atomic mass is 16.7. The number of hydrogen-bond acceptors (Lipinski definition) is 12. The topological polar surface area (TPSA) is 207 Å². The number of aliphatic hydroxyl groups excluding tert-OH is 5. The van der Waals surface area contributed by atoms with Gasteiger partial charge in [-0.2, -0.15) is 0 Å². The molecule has 7 unspecified atom stereocenters. The Kier molecular flexibility index (Phi) is 6.05. The van der Waals surface area contributed by atoms with Crippen molar-refractivity contribution in [3.63, 3.8) is 0 Å². The second-order valence-electron chi connectivity index (χ2n) is 7.70. The molecule has 33 heavy (non-hydrogen) atoms. The maximum atomic E-state index is 12.8. The number of aromatic hydroxyl groups is 3. The van der Waals surface area contributed by atoms with Gasteiger partial charge in [0, 0.05) is 6.07 Å². The van der Waals surface area contributed by atoms with Crippen LogP contribution in [0.4, 0.5) is 0 Å². The van der Waals surface area contributed by atoms with Crippen molar-refractivity contribution in [1.82, 2.24) is 0 Å². The zero-order valence-corrected chi connectivity index (χ0v) is 16.8. The number of carbonyl (C=O) groups excluding carboxylic acids is 1. The fourth-order valence-electron chi connectivity index (χ4n) is 3.75. The maximum absolute atomic E-state index is 12.8. The molecule has 2 heterocycles. The van der Waals surface area contributed by atoms with Gasteiger partial charge in [-0.1, -0.05) is 12.1 Å². The first kappa shape index (κ1) is 23.0. The molecule has 0 radical (unpaired) electrons. The van der Waals surface area contributed by atoms with E-state index in [9.17, 15) is 45.6 Å². The van der Waals surface area contributed by atoms with Crippen molar-refractivity contribution in [2.75, 3.05) is 6.61 Å². The number of phenolic OH excluding ortho intramolecular Hbond substituents is 3. The number of fused-ring (bicyclic) bond motifs is 1. The first-order chi connectivity index (χ1) is 15.6. The van der Waals surface area contributed by atoms with Gasteiger partial charge in [-0.25, -0.2) is 0 Å². The predicted molar refractivity (Wildman–Crippen MR) is 106 cm³/mol. The second kappa shape index (κ2) is 8.67. The molecule has 1 fully saturated rings. The Bertz CT molecular complexity index is 1040. The van der Waals surface area contributed by atoms with E-state index >= 15 is 0 Å². The first-order valence-corrected chi connectivity index (χ1v) is 9.88. The van der Waals surface area contributed by atoms with E-state index in [1.165, 1.54) is 24.3 Å². The van der Waals surface area contributed by atoms with Crippen LogP contribution in [0.25, 0.3) is 0 Å². The van der Waals surface area contributed by atoms with Gasteiger partial charge in [-0.15, -0.1) is 0 Å². The minimum Gasteiger partial charge on any atom is -0.508 e. The molecule has 0 bridgehead atoms. The fourth-order valence-corrected chi connectivity index (χ4v) is 3.75. The van der Waals surface area contributed by atoms with E-state index in [2.05, 4.69) is 0 Å². The van der Waals surface area contributed by atoms with Crippen LogP contribution in [0.5, 0.6) is 28.7 Å². The normalized spacial score (nSPS) is 31.5. The molecule has 0 spiro atoms. The number of aliphatic hydroxyl groups is 5. The Morgan fingerprint density at radius 3 is 2.21 bits per heavy atom. The Morgan fingerprint density at radius 2 is 1.58 bits per heavy atom. The van der Waals surface area contributed by atoms with Gasteiger partial charge in [-0.05, 0) is 17.7 Å². The molecular formula is C21H22O12. The monoisotopic (exact) mass is 466 g/mol. The Morgan fingerprint density at radius 1 is 0.909 bits per heavy atom. The summed E-state index contributed by atoms with van der Waals surface area (Å²) in [7, 11) is 0. The van der Waals surface area contributed by atoms with Crippen molar-refractivity contribution in [3.8, 4) is 28.7 Å². The highest BCUT2D eigenvalue weighted by Crippen LogP contribution is 2.50. The zero-order chi connectivity index (χ0) is 24.0. The number of rotatable bonds is 4. The van der Waals surface area contributed by atoms with Crippen LogP contribution in [0.2, 0.25) is 0 Å². The quantitative estimate of drug-likeness (QED) is 0.263. The highest BCUT2D eigenvalue weighted by molar-refractivity contribution is 6.06. The molecular weight excluding hydrogens is 444 g/mol. The van der Waals surface area contributed by atoms with Crippen molar-refractivity contribution < 1.29 is 59.9 Å². The molecule has 2 aliphatic heterocycles. The minimum absolute atomic E-state index is 0.0716. The van der Waals surface area contributed by atoms with Gasteiger partial charge in [0.2, 0.25) is 17.8 Å². The van der Waals surface area contributed by atoms with Crippen LogP contribution in [0, 0.1) is 0 Å². The van der Waals surface area contributed by atoms with Gasteiger partial charge in [0.15, 0.2) is 23.7 Å². The zero-order valence-electron chi connectivity index (χ0n) is 16.8. The van der Waals surface area contributed by atoms with Crippen molar-refractivity contribution in [1.29, 1.82) is 0 Å². The summed E-state index contributed by atoms with van der Waals surface area (Å²) in [4.78, 5) is 12.8. The molecule has 0 aliphatic carbocycles. The average Bonchev–Trinajstić information content (AvgIpc) is 2.78. The molecule has 12 heteroatoms. The SMILES string of the molecule is O=C1c2c(O)cc(O)c(OC3OC(CO)C(O)C(O)C3O)c2OC(c2ccc(O)cc2)C1O. The molecule has 0 amide bonds. The van der Waals surface area contributed by atoms with Crippen LogP contribution < -0.4 is 9.47 Å². The molecule has 2 aromatic rings. The van der Waals surface area contributed by atoms with Crippen molar-refractivity contribution in [3.05, 3.63) is 41.5 Å². The van der Waals surface area contributed by atoms with Gasteiger partial charge in [0.05, 0.1) is 6.61 Å². The van der Waals surface area contributed by atoms with Gasteiger partial charge < -0.3 is 55.1 Å². The fraction of sp³-hybridized carbons (Fsp3) is 0.381. The molecule has 0 saturated carbocycles. The number of hydrogen-bond donors (Lipinski definition) is 8. The number of benzene rings is 2. The molecule has 2 aromatic carbocycles. The van der Waals surface area contributed by atoms with Crippen LogP contribution in [0.3, 0.4) is 0 Å². The van der Waals surface area contributed by atoms with E-state index in [4.69, 9.17) is 14.2 Å². The molecule has 7 atom stereocenters. The second-order valence-corrected chi connectivity index (χ2v) is 7.70. The molecule has 4 rings (SSSR count). The van der Waals surface area contributed by atoms with Gasteiger partial charge >= 0.3 is 0 Å². The van der Waals surface area contributed by atoms with E-state index in [-0.39, 0.29) is 11.3 Å². The predicted octanol–water partition coefficient (Wildman–Crippen LogP) is -1.34. The third-order valence-corrected chi connectivity index (χ3v) is 5.55. The van der Waals surface area contributed by atoms with E-state index in [0.717, 1.165) is 6.07 Å². The van der Waals surface area contributed by atoms with Gasteiger partial charge in [0.1, 0.15) is 41.5 Å². The number of Topliss-reactive ketones (excluding diaryl/α,β-unsaturated/α-hetero) is 1. The largest absolute Gasteiger partial charge is 0.508 e. The number of carbonyl (C=O) groups is 1. The lowest BCUT2D eigenvalue weighted by Gasteiger charge is -2.40. The van der Waals surface area contributed by atoms with E-state index in [1.54, 1.807) is 0 Å². The van der Waals surface area contributed by atoms with Gasteiger partial charge in [-0.3, -0.25) is 4.79 Å². The van der Waals surface area contributed by atoms with Crippen LogP contribution in [-0.4, -0.2) is 90.1 Å². The summed E-state index contributed by atoms with van der Waals surface area (Å²) in [5.74, 6) is -3.49. The Labute approximate surface area is 186 Å². The summed E-state index contributed by atoms with van der Waals surface area (Å²) in [5, 5.41) is 80.0. The number of ketones is 1. The third-order valence-electron chi connectivity index (χ3n) is 5.55. The van der Waals surface area contributed by atoms with Crippen LogP contribution >= 0.6 is 0 Å². The van der Waals surface area contributed by atoms with Crippen LogP contribution in [-0.2, 0) is 4.74 Å². The summed E-state index contributed by atoms with van der Waals surface area (Å²) >= 11 is 0. The van der Waals surface area contributed by atoms with Crippen molar-refractivity contribution >= 4 is 5.78 Å². The smallest absolute Gasteiger partial charge is 0.229 e. The third kappa shape index (κ3) is 3.93. The molecule has 8 N–H and O–H groups in total. The summed E-state index contributed by atoms with van der Waals surface area (Å²) in [5.41, 5.74) is -0.226. The Hall–Kier alpha value is -3.13. The van der Waals surface area contributed by atoms with Crippen molar-refractivity contribution in [2.45, 2.75) is 42.9 Å². The molecule has 0 aromatic heterocycles. The van der Waals surface area contributed by atoms with E-state index < -0.39 is 83.9 Å². The number of ether oxygens (including phenoxy) is 3.